The number of thioether (sulfide) groups is 1. The molecule has 0 spiro atoms. The number of amides is 2. The number of fused-ring (bicyclic) bond motifs is 1. The first-order chi connectivity index (χ1) is 26.4. The number of nitrogen functional groups attached to an aromatic ring is 1. The number of rotatable bonds is 24. The van der Waals surface area contributed by atoms with Gasteiger partial charge in [0, 0.05) is 43.1 Å². The van der Waals surface area contributed by atoms with Gasteiger partial charge in [0.15, 0.2) is 22.8 Å². The molecule has 0 saturated carbocycles. The fraction of sp³-hybridized carbons (Fsp3) is 0.704. The van der Waals surface area contributed by atoms with E-state index in [4.69, 9.17) is 31.0 Å². The van der Waals surface area contributed by atoms with Crippen LogP contribution in [0.1, 0.15) is 45.8 Å². The summed E-state index contributed by atoms with van der Waals surface area (Å²) in [6, 6.07) is -0.290. The van der Waals surface area contributed by atoms with Gasteiger partial charge in [-0.1, -0.05) is 25.6 Å². The van der Waals surface area contributed by atoms with E-state index in [1.165, 1.54) is 13.8 Å². The number of carbonyl (C=O) groups excluding carboxylic acids is 3. The fourth-order valence-corrected chi connectivity index (χ4v) is 8.64. The van der Waals surface area contributed by atoms with Crippen LogP contribution in [0.15, 0.2) is 12.7 Å². The van der Waals surface area contributed by atoms with Crippen molar-refractivity contribution in [2.24, 2.45) is 16.9 Å². The maximum Gasteiger partial charge on any atom is 0.481 e. The number of carbonyl (C=O) groups is 3. The van der Waals surface area contributed by atoms with Gasteiger partial charge in [0.25, 0.3) is 0 Å². The van der Waals surface area contributed by atoms with Gasteiger partial charge in [-0.3, -0.25) is 32.5 Å². The van der Waals surface area contributed by atoms with E-state index >= 15 is 0 Å². The standard InChI is InChI=1S/C27H48N9O17P3S/c1-27(2,22(40)25(41)32-7-5-17(37)31-8-9-57-18(38)10-15(29)4-3-6-28)12-50-56(47,48)53-55(45,46)49-11-16-21(52-54(42,43)44)20(39)26(51-16)36-14-35-19-23(30)33-13-34-24(19)36/h13-16,20-22,26,39-40H,3-12,28-29H2,1-2H3,(H,31,37)(H,32,41)(H,45,46)(H,47,48)(H2,30,33,34)(H2,42,43,44)/t15?,16-,20-,21-,22+,26+/m1/s1. The third-order valence-corrected chi connectivity index (χ3v) is 12.0. The highest BCUT2D eigenvalue weighted by Gasteiger charge is 2.50. The molecular weight excluding hydrogens is 847 g/mol. The Kier molecular flexibility index (Phi) is 18.1. The molecule has 3 heterocycles. The minimum absolute atomic E-state index is 0.0271. The van der Waals surface area contributed by atoms with Gasteiger partial charge in [-0.15, -0.1) is 0 Å². The minimum Gasteiger partial charge on any atom is -0.386 e. The van der Waals surface area contributed by atoms with Gasteiger partial charge in [0.2, 0.25) is 11.8 Å². The van der Waals surface area contributed by atoms with E-state index in [1.807, 2.05) is 0 Å². The van der Waals surface area contributed by atoms with Gasteiger partial charge in [-0.2, -0.15) is 4.31 Å². The van der Waals surface area contributed by atoms with Gasteiger partial charge in [0.1, 0.15) is 36.3 Å². The Bertz CT molecular complexity index is 1840. The first-order valence-electron chi connectivity index (χ1n) is 17.0. The second kappa shape index (κ2) is 21.1. The summed E-state index contributed by atoms with van der Waals surface area (Å²) >= 11 is 1.02. The smallest absolute Gasteiger partial charge is 0.386 e. The van der Waals surface area contributed by atoms with E-state index in [0.717, 1.165) is 29.0 Å². The Morgan fingerprint density at radius 3 is 2.42 bits per heavy atom. The van der Waals surface area contributed by atoms with Crippen LogP contribution < -0.4 is 27.8 Å². The summed E-state index contributed by atoms with van der Waals surface area (Å²) in [6.45, 7) is 0.894. The molecule has 2 aromatic rings. The molecule has 8 atom stereocenters. The molecule has 0 aromatic carbocycles. The zero-order valence-electron chi connectivity index (χ0n) is 30.6. The lowest BCUT2D eigenvalue weighted by Crippen LogP contribution is -2.46. The number of aliphatic hydroxyl groups is 2. The quantitative estimate of drug-likeness (QED) is 0.0406. The Morgan fingerprint density at radius 2 is 1.75 bits per heavy atom. The molecule has 1 aliphatic heterocycles. The summed E-state index contributed by atoms with van der Waals surface area (Å²) in [7, 11) is -16.4. The van der Waals surface area contributed by atoms with Crippen molar-refractivity contribution in [1.29, 1.82) is 0 Å². The molecular formula is C27H48N9O17P3S. The Morgan fingerprint density at radius 1 is 1.07 bits per heavy atom. The molecule has 0 aliphatic carbocycles. The molecule has 1 aliphatic rings. The molecule has 57 heavy (non-hydrogen) atoms. The van der Waals surface area contributed by atoms with Gasteiger partial charge in [-0.25, -0.2) is 28.6 Å². The number of nitrogens with zero attached hydrogens (tertiary/aromatic N) is 4. The number of aliphatic hydroxyl groups excluding tert-OH is 2. The van der Waals surface area contributed by atoms with Crippen molar-refractivity contribution in [3.63, 3.8) is 0 Å². The van der Waals surface area contributed by atoms with Crippen LogP contribution in [-0.2, 0) is 50.7 Å². The lowest BCUT2D eigenvalue weighted by Gasteiger charge is -2.30. The number of phosphoric acid groups is 3. The molecule has 2 aromatic heterocycles. The van der Waals surface area contributed by atoms with Crippen LogP contribution in [0.5, 0.6) is 0 Å². The van der Waals surface area contributed by atoms with E-state index in [-0.39, 0.29) is 54.1 Å². The number of hydrogen-bond acceptors (Lipinski definition) is 20. The predicted octanol–water partition coefficient (Wildman–Crippen LogP) is -1.88. The van der Waals surface area contributed by atoms with Crippen LogP contribution in [0.2, 0.25) is 0 Å². The fourth-order valence-electron chi connectivity index (χ4n) is 5.05. The number of hydrogen-bond donors (Lipinski definition) is 11. The number of ether oxygens (including phenoxy) is 1. The number of anilines is 1. The van der Waals surface area contributed by atoms with Crippen molar-refractivity contribution in [1.82, 2.24) is 30.2 Å². The SMILES string of the molecule is CC(C)(COP(=O)(O)OP(=O)(O)OC[C@H]1O[C@H](n2cnc3c(N)ncnc32)[C@H](O)[C@@H]1OP(=O)(O)O)[C@@H](O)C(=O)NCCC(=O)NCCSC(=O)CC(N)CCCN. The van der Waals surface area contributed by atoms with Crippen molar-refractivity contribution in [3.05, 3.63) is 12.7 Å². The zero-order valence-corrected chi connectivity index (χ0v) is 34.1. The van der Waals surface area contributed by atoms with Crippen molar-refractivity contribution in [2.75, 3.05) is 44.3 Å². The lowest BCUT2D eigenvalue weighted by atomic mass is 9.87. The first-order valence-corrected chi connectivity index (χ1v) is 22.5. The summed E-state index contributed by atoms with van der Waals surface area (Å²) in [5.74, 6) is -1.19. The average Bonchev–Trinajstić information content (AvgIpc) is 3.67. The van der Waals surface area contributed by atoms with Crippen molar-refractivity contribution in [3.8, 4) is 0 Å². The number of phosphoric ester groups is 3. The lowest BCUT2D eigenvalue weighted by molar-refractivity contribution is -0.137. The average molecular weight is 896 g/mol. The van der Waals surface area contributed by atoms with Gasteiger partial charge in [0.05, 0.1) is 19.5 Å². The number of nitrogens with one attached hydrogen (secondary N) is 2. The van der Waals surface area contributed by atoms with Crippen LogP contribution in [0.25, 0.3) is 11.2 Å². The van der Waals surface area contributed by atoms with E-state index < -0.39 is 84.6 Å². The highest BCUT2D eigenvalue weighted by molar-refractivity contribution is 8.13. The van der Waals surface area contributed by atoms with E-state index in [1.54, 1.807) is 0 Å². The second-order valence-electron chi connectivity index (χ2n) is 13.2. The molecule has 1 fully saturated rings. The van der Waals surface area contributed by atoms with Crippen molar-refractivity contribution >= 4 is 69.1 Å². The summed E-state index contributed by atoms with van der Waals surface area (Å²) < 4.78 is 62.1. The Hall–Kier alpha value is -2.52. The third kappa shape index (κ3) is 15.5. The number of aromatic nitrogens is 4. The highest BCUT2D eigenvalue weighted by Crippen LogP contribution is 2.61. The van der Waals surface area contributed by atoms with Gasteiger partial charge in [-0.05, 0) is 19.4 Å². The second-order valence-corrected chi connectivity index (χ2v) is 18.6. The van der Waals surface area contributed by atoms with Crippen LogP contribution in [0.3, 0.4) is 0 Å². The molecule has 26 nitrogen and oxygen atoms in total. The molecule has 0 bridgehead atoms. The van der Waals surface area contributed by atoms with E-state index in [2.05, 4.69) is 34.4 Å². The monoisotopic (exact) mass is 895 g/mol. The summed E-state index contributed by atoms with van der Waals surface area (Å²) in [4.78, 5) is 87.6. The maximum absolute atomic E-state index is 12.7. The molecule has 14 N–H and O–H groups in total. The number of nitrogens with two attached hydrogens (primary N) is 3. The molecule has 1 saturated heterocycles. The molecule has 3 rings (SSSR count). The maximum atomic E-state index is 12.7. The van der Waals surface area contributed by atoms with E-state index in [9.17, 15) is 57.9 Å². The van der Waals surface area contributed by atoms with Crippen molar-refractivity contribution < 1.29 is 80.5 Å². The topological polar surface area (TPSA) is 416 Å². The van der Waals surface area contributed by atoms with Crippen LogP contribution in [0, 0.1) is 5.41 Å². The van der Waals surface area contributed by atoms with Gasteiger partial charge < -0.3 is 62.4 Å². The van der Waals surface area contributed by atoms with Crippen molar-refractivity contribution in [2.45, 2.75) is 76.2 Å². The molecule has 3 unspecified atom stereocenters. The highest BCUT2D eigenvalue weighted by atomic mass is 32.2. The zero-order chi connectivity index (χ0) is 42.8. The summed E-state index contributed by atoms with van der Waals surface area (Å²) in [6.07, 6.45) is -5.45. The molecule has 324 valence electrons. The van der Waals surface area contributed by atoms with Crippen LogP contribution in [-0.4, -0.2) is 135 Å². The largest absolute Gasteiger partial charge is 0.481 e. The third-order valence-electron chi connectivity index (χ3n) is 7.97. The summed E-state index contributed by atoms with van der Waals surface area (Å²) in [5.41, 5.74) is 15.5. The normalized spacial score (nSPS) is 22.1. The Balaban J connectivity index is 1.46. The molecule has 30 heteroatoms. The predicted molar refractivity (Wildman–Crippen MR) is 198 cm³/mol. The van der Waals surface area contributed by atoms with E-state index in [0.29, 0.717) is 25.1 Å². The Labute approximate surface area is 329 Å². The first kappa shape index (κ1) is 48.8. The molecule has 0 radical (unpaired) electrons. The summed E-state index contributed by atoms with van der Waals surface area (Å²) in [5, 5.41) is 26.2. The molecule has 2 amide bonds. The van der Waals surface area contributed by atoms with Crippen LogP contribution >= 0.6 is 35.2 Å². The van der Waals surface area contributed by atoms with Crippen LogP contribution in [0.4, 0.5) is 5.82 Å². The number of imidazole rings is 1. The minimum atomic E-state index is -5.58. The van der Waals surface area contributed by atoms with Gasteiger partial charge >= 0.3 is 23.5 Å².